The fourth-order valence-corrected chi connectivity index (χ4v) is 2.16. The molecule has 1 nitrogen and oxygen atoms in total. The van der Waals surface area contributed by atoms with Gasteiger partial charge in [-0.2, -0.15) is 13.2 Å². The fourth-order valence-electron chi connectivity index (χ4n) is 1.05. The summed E-state index contributed by atoms with van der Waals surface area (Å²) in [5.41, 5.74) is -1.80. The Labute approximate surface area is 95.8 Å². The molecule has 0 fully saturated rings. The summed E-state index contributed by atoms with van der Waals surface area (Å²) in [5, 5.41) is 0. The largest absolute Gasteiger partial charge is 0.434 e. The number of pyridine rings is 1. The molecular weight excluding hydrogens is 332 g/mol. The second kappa shape index (κ2) is 4.18. The van der Waals surface area contributed by atoms with Gasteiger partial charge in [0.05, 0.1) is 3.57 Å². The van der Waals surface area contributed by atoms with E-state index in [-0.39, 0.29) is 5.56 Å². The van der Waals surface area contributed by atoms with Crippen molar-refractivity contribution in [1.82, 2.24) is 4.98 Å². The third-order valence-electron chi connectivity index (χ3n) is 1.74. The Kier molecular flexibility index (Phi) is 3.51. The lowest BCUT2D eigenvalue weighted by molar-refractivity contribution is -0.142. The number of alkyl halides is 5. The first-order chi connectivity index (χ1) is 6.75. The molecule has 0 aliphatic carbocycles. The zero-order valence-corrected chi connectivity index (χ0v) is 9.53. The van der Waals surface area contributed by atoms with E-state index in [0.717, 1.165) is 6.20 Å². The summed E-state index contributed by atoms with van der Waals surface area (Å²) in [6.45, 7) is 1.30. The normalized spacial score (nSPS) is 12.3. The minimum absolute atomic E-state index is 0.0578. The van der Waals surface area contributed by atoms with Crippen LogP contribution in [0.5, 0.6) is 0 Å². The predicted molar refractivity (Wildman–Crippen MR) is 51.7 cm³/mol. The van der Waals surface area contributed by atoms with E-state index in [0.29, 0.717) is 0 Å². The van der Waals surface area contributed by atoms with Crippen LogP contribution in [0.15, 0.2) is 6.20 Å². The van der Waals surface area contributed by atoms with Crippen LogP contribution in [0, 0.1) is 10.5 Å². The van der Waals surface area contributed by atoms with E-state index in [1.54, 1.807) is 0 Å². The first-order valence-electron chi connectivity index (χ1n) is 3.75. The van der Waals surface area contributed by atoms with Gasteiger partial charge < -0.3 is 0 Å². The van der Waals surface area contributed by atoms with Crippen molar-refractivity contribution < 1.29 is 22.0 Å². The molecule has 0 spiro atoms. The number of halogens is 6. The molecular formula is C8H5F5IN. The Bertz CT molecular complexity index is 374. The summed E-state index contributed by atoms with van der Waals surface area (Å²) in [4.78, 5) is 3.13. The summed E-state index contributed by atoms with van der Waals surface area (Å²) in [6, 6.07) is 0. The molecule has 1 rings (SSSR count). The molecule has 0 bridgehead atoms. The standard InChI is InChI=1S/C8H5F5IN/c1-3-2-15-6(8(11,12)13)5(14)4(3)7(9)10/h2,7H,1H3. The Balaban J connectivity index is 3.42. The van der Waals surface area contributed by atoms with Gasteiger partial charge in [-0.05, 0) is 35.1 Å². The number of hydrogen-bond donors (Lipinski definition) is 0. The highest BCUT2D eigenvalue weighted by Gasteiger charge is 2.37. The van der Waals surface area contributed by atoms with Crippen LogP contribution < -0.4 is 0 Å². The molecule has 0 unspecified atom stereocenters. The summed E-state index contributed by atoms with van der Waals surface area (Å²) < 4.78 is 61.3. The molecule has 0 saturated carbocycles. The number of aryl methyl sites for hydroxylation is 1. The van der Waals surface area contributed by atoms with Crippen LogP contribution in [0.1, 0.15) is 23.2 Å². The SMILES string of the molecule is Cc1cnc(C(F)(F)F)c(I)c1C(F)F. The van der Waals surface area contributed by atoms with E-state index < -0.39 is 27.4 Å². The van der Waals surface area contributed by atoms with E-state index >= 15 is 0 Å². The van der Waals surface area contributed by atoms with Crippen LogP contribution in [0.4, 0.5) is 22.0 Å². The van der Waals surface area contributed by atoms with E-state index in [1.807, 2.05) is 0 Å². The fraction of sp³-hybridized carbons (Fsp3) is 0.375. The highest BCUT2D eigenvalue weighted by atomic mass is 127. The summed E-state index contributed by atoms with van der Waals surface area (Å²) in [5.74, 6) is 0. The molecule has 0 aromatic carbocycles. The topological polar surface area (TPSA) is 12.9 Å². The molecule has 0 aliphatic heterocycles. The average Bonchev–Trinajstić information content (AvgIpc) is 2.00. The van der Waals surface area contributed by atoms with E-state index in [9.17, 15) is 22.0 Å². The Morgan fingerprint density at radius 3 is 2.27 bits per heavy atom. The van der Waals surface area contributed by atoms with E-state index in [4.69, 9.17) is 0 Å². The maximum atomic E-state index is 12.5. The van der Waals surface area contributed by atoms with Crippen LogP contribution in [0.3, 0.4) is 0 Å². The van der Waals surface area contributed by atoms with Gasteiger partial charge in [0.15, 0.2) is 5.69 Å². The predicted octanol–water partition coefficient (Wildman–Crippen LogP) is 3.95. The minimum Gasteiger partial charge on any atom is -0.250 e. The molecule has 0 aliphatic rings. The van der Waals surface area contributed by atoms with Crippen LogP contribution >= 0.6 is 22.6 Å². The van der Waals surface area contributed by atoms with Crippen LogP contribution in [0.25, 0.3) is 0 Å². The number of aromatic nitrogens is 1. The van der Waals surface area contributed by atoms with Crippen molar-refractivity contribution in [3.63, 3.8) is 0 Å². The third kappa shape index (κ3) is 2.56. The molecule has 1 aromatic heterocycles. The minimum atomic E-state index is -4.70. The van der Waals surface area contributed by atoms with Crippen molar-refractivity contribution in [2.24, 2.45) is 0 Å². The van der Waals surface area contributed by atoms with Crippen LogP contribution in [0.2, 0.25) is 0 Å². The summed E-state index contributed by atoms with van der Waals surface area (Å²) in [7, 11) is 0. The van der Waals surface area contributed by atoms with Crippen molar-refractivity contribution in [3.05, 3.63) is 26.6 Å². The highest BCUT2D eigenvalue weighted by molar-refractivity contribution is 14.1. The lowest BCUT2D eigenvalue weighted by Gasteiger charge is -2.13. The van der Waals surface area contributed by atoms with Crippen molar-refractivity contribution in [1.29, 1.82) is 0 Å². The molecule has 0 radical (unpaired) electrons. The molecule has 1 aromatic rings. The molecule has 0 atom stereocenters. The number of hydrogen-bond acceptors (Lipinski definition) is 1. The third-order valence-corrected chi connectivity index (χ3v) is 2.84. The first-order valence-corrected chi connectivity index (χ1v) is 4.83. The lowest BCUT2D eigenvalue weighted by atomic mass is 10.1. The summed E-state index contributed by atoms with van der Waals surface area (Å²) in [6.07, 6.45) is -6.82. The first kappa shape index (κ1) is 12.6. The quantitative estimate of drug-likeness (QED) is 0.559. The van der Waals surface area contributed by atoms with Gasteiger partial charge in [-0.1, -0.05) is 0 Å². The van der Waals surface area contributed by atoms with Gasteiger partial charge in [0, 0.05) is 11.8 Å². The zero-order valence-electron chi connectivity index (χ0n) is 7.37. The maximum Gasteiger partial charge on any atom is 0.434 e. The monoisotopic (exact) mass is 337 g/mol. The van der Waals surface area contributed by atoms with Gasteiger partial charge >= 0.3 is 6.18 Å². The number of nitrogens with zero attached hydrogens (tertiary/aromatic N) is 1. The van der Waals surface area contributed by atoms with Gasteiger partial charge in [0.25, 0.3) is 6.43 Å². The highest BCUT2D eigenvalue weighted by Crippen LogP contribution is 2.36. The van der Waals surface area contributed by atoms with Gasteiger partial charge in [-0.25, -0.2) is 8.78 Å². The molecule has 15 heavy (non-hydrogen) atoms. The molecule has 84 valence electrons. The smallest absolute Gasteiger partial charge is 0.250 e. The molecule has 1 heterocycles. The van der Waals surface area contributed by atoms with Crippen LogP contribution in [-0.4, -0.2) is 4.98 Å². The molecule has 0 saturated heterocycles. The van der Waals surface area contributed by atoms with E-state index in [2.05, 4.69) is 4.98 Å². The lowest BCUT2D eigenvalue weighted by Crippen LogP contribution is -2.13. The molecule has 7 heteroatoms. The Morgan fingerprint density at radius 1 is 1.33 bits per heavy atom. The van der Waals surface area contributed by atoms with Gasteiger partial charge in [0.1, 0.15) is 0 Å². The Morgan fingerprint density at radius 2 is 1.87 bits per heavy atom. The van der Waals surface area contributed by atoms with E-state index in [1.165, 1.54) is 29.5 Å². The zero-order chi connectivity index (χ0) is 11.8. The van der Waals surface area contributed by atoms with Crippen molar-refractivity contribution >= 4 is 22.6 Å². The average molecular weight is 337 g/mol. The molecule has 0 N–H and O–H groups in total. The second-order valence-electron chi connectivity index (χ2n) is 2.82. The van der Waals surface area contributed by atoms with Crippen molar-refractivity contribution in [2.75, 3.05) is 0 Å². The number of rotatable bonds is 1. The summed E-state index contributed by atoms with van der Waals surface area (Å²) >= 11 is 1.24. The van der Waals surface area contributed by atoms with Crippen molar-refractivity contribution in [3.8, 4) is 0 Å². The second-order valence-corrected chi connectivity index (χ2v) is 3.89. The Hall–Kier alpha value is -0.470. The van der Waals surface area contributed by atoms with Gasteiger partial charge in [0.2, 0.25) is 0 Å². The molecule has 0 amide bonds. The maximum absolute atomic E-state index is 12.5. The van der Waals surface area contributed by atoms with Gasteiger partial charge in [-0.15, -0.1) is 0 Å². The van der Waals surface area contributed by atoms with Gasteiger partial charge in [-0.3, -0.25) is 4.98 Å². The van der Waals surface area contributed by atoms with Crippen LogP contribution in [-0.2, 0) is 6.18 Å². The van der Waals surface area contributed by atoms with Crippen molar-refractivity contribution in [2.45, 2.75) is 19.5 Å².